The van der Waals surface area contributed by atoms with Crippen LogP contribution >= 0.6 is 0 Å². The Morgan fingerprint density at radius 1 is 1.05 bits per heavy atom. The van der Waals surface area contributed by atoms with Gasteiger partial charge in [0.2, 0.25) is 0 Å². The normalized spacial score (nSPS) is 20.1. The highest BCUT2D eigenvalue weighted by Crippen LogP contribution is 2.42. The molecule has 0 bridgehead atoms. The van der Waals surface area contributed by atoms with Crippen LogP contribution in [-0.4, -0.2) is 40.4 Å². The molecule has 1 saturated carbocycles. The van der Waals surface area contributed by atoms with Gasteiger partial charge in [-0.05, 0) is 98.1 Å². The minimum Gasteiger partial charge on any atom is -0.368 e. The molecule has 2 aromatic carbocycles. The first-order chi connectivity index (χ1) is 18.5. The third-order valence-corrected chi connectivity index (χ3v) is 9.00. The van der Waals surface area contributed by atoms with E-state index in [-0.39, 0.29) is 5.91 Å². The zero-order chi connectivity index (χ0) is 26.2. The maximum absolute atomic E-state index is 13.8. The van der Waals surface area contributed by atoms with E-state index in [0.29, 0.717) is 23.3 Å². The van der Waals surface area contributed by atoms with Crippen molar-refractivity contribution in [1.82, 2.24) is 14.9 Å². The topological polar surface area (TPSA) is 84.8 Å². The number of anilines is 1. The number of likely N-dealkylation sites (tertiary alicyclic amines) is 1. The SMILES string of the molecule is Cc1cc(C2CCC2)c(-c2nc3c([nH]2)CCC(C)CN3)cc1C(=O)N1CCC(c2ccc(C#N)cc2)CC1. The van der Waals surface area contributed by atoms with E-state index in [4.69, 9.17) is 10.2 Å². The summed E-state index contributed by atoms with van der Waals surface area (Å²) in [7, 11) is 0. The average molecular weight is 508 g/mol. The number of piperidine rings is 1. The van der Waals surface area contributed by atoms with E-state index >= 15 is 0 Å². The number of benzene rings is 2. The Morgan fingerprint density at radius 3 is 2.50 bits per heavy atom. The van der Waals surface area contributed by atoms with Gasteiger partial charge in [-0.1, -0.05) is 31.5 Å². The summed E-state index contributed by atoms with van der Waals surface area (Å²) in [5.41, 5.74) is 7.43. The standard InChI is InChI=1S/C32H37N5O/c1-20-6-11-29-31(34-19-20)36-30(35-29)28-17-26(21(2)16-27(28)25-4-3-5-25)32(38)37-14-12-24(13-15-37)23-9-7-22(18-33)8-10-23/h7-10,16-17,20,24-25,34H,3-6,11-15,19H2,1-2H3,(H,35,36). The lowest BCUT2D eigenvalue weighted by Crippen LogP contribution is -2.38. The number of carbonyl (C=O) groups excluding carboxylic acids is 1. The zero-order valence-corrected chi connectivity index (χ0v) is 22.5. The van der Waals surface area contributed by atoms with Crippen LogP contribution in [0.25, 0.3) is 11.4 Å². The molecule has 1 atom stereocenters. The van der Waals surface area contributed by atoms with E-state index in [2.05, 4.69) is 54.5 Å². The van der Waals surface area contributed by atoms with Crippen LogP contribution in [0.1, 0.15) is 95.6 Å². The summed E-state index contributed by atoms with van der Waals surface area (Å²) < 4.78 is 0. The van der Waals surface area contributed by atoms with E-state index < -0.39 is 0 Å². The quantitative estimate of drug-likeness (QED) is 0.420. The lowest BCUT2D eigenvalue weighted by Gasteiger charge is -2.33. The van der Waals surface area contributed by atoms with E-state index in [0.717, 1.165) is 73.7 Å². The van der Waals surface area contributed by atoms with E-state index in [1.807, 2.05) is 17.0 Å². The molecule has 1 unspecified atom stereocenters. The number of hydrogen-bond donors (Lipinski definition) is 2. The molecule has 2 fully saturated rings. The molecule has 6 nitrogen and oxygen atoms in total. The van der Waals surface area contributed by atoms with Crippen LogP contribution in [0.5, 0.6) is 0 Å². The molecule has 1 aliphatic carbocycles. The Kier molecular flexibility index (Phi) is 6.69. The first-order valence-corrected chi connectivity index (χ1v) is 14.3. The molecule has 3 heterocycles. The molecule has 6 heteroatoms. The van der Waals surface area contributed by atoms with Crippen molar-refractivity contribution in [3.8, 4) is 17.5 Å². The third kappa shape index (κ3) is 4.71. The minimum absolute atomic E-state index is 0.127. The van der Waals surface area contributed by atoms with Crippen molar-refractivity contribution >= 4 is 11.7 Å². The van der Waals surface area contributed by atoms with Crippen molar-refractivity contribution in [3.05, 3.63) is 69.9 Å². The number of aryl methyl sites for hydroxylation is 2. The van der Waals surface area contributed by atoms with Crippen molar-refractivity contribution in [2.45, 2.75) is 70.6 Å². The molecular formula is C32H37N5O. The molecule has 0 spiro atoms. The average Bonchev–Trinajstić information content (AvgIpc) is 3.24. The largest absolute Gasteiger partial charge is 0.368 e. The fourth-order valence-corrected chi connectivity index (χ4v) is 6.27. The van der Waals surface area contributed by atoms with Gasteiger partial charge in [-0.15, -0.1) is 0 Å². The number of fused-ring (bicyclic) bond motifs is 1. The molecule has 2 N–H and O–H groups in total. The summed E-state index contributed by atoms with van der Waals surface area (Å²) in [5, 5.41) is 12.6. The number of hydrogen-bond acceptors (Lipinski definition) is 4. The summed E-state index contributed by atoms with van der Waals surface area (Å²) >= 11 is 0. The Labute approximate surface area is 225 Å². The van der Waals surface area contributed by atoms with E-state index in [1.54, 1.807) is 0 Å². The molecular weight excluding hydrogens is 470 g/mol. The number of nitriles is 1. The molecule has 3 aliphatic rings. The van der Waals surface area contributed by atoms with Crippen LogP contribution in [0.15, 0.2) is 36.4 Å². The molecule has 38 heavy (non-hydrogen) atoms. The number of nitrogens with one attached hydrogen (secondary N) is 2. The first kappa shape index (κ1) is 24.7. The van der Waals surface area contributed by atoms with E-state index in [9.17, 15) is 4.79 Å². The molecule has 196 valence electrons. The second-order valence-corrected chi connectivity index (χ2v) is 11.6. The highest BCUT2D eigenvalue weighted by Gasteiger charge is 2.30. The Hall–Kier alpha value is -3.59. The van der Waals surface area contributed by atoms with Crippen LogP contribution in [0.4, 0.5) is 5.82 Å². The molecule has 3 aromatic rings. The Bertz CT molecular complexity index is 1340. The number of rotatable bonds is 4. The number of aromatic amines is 1. The summed E-state index contributed by atoms with van der Waals surface area (Å²) in [5.74, 6) is 3.61. The van der Waals surface area contributed by atoms with Gasteiger partial charge in [-0.25, -0.2) is 4.98 Å². The summed E-state index contributed by atoms with van der Waals surface area (Å²) in [4.78, 5) is 24.5. The van der Waals surface area contributed by atoms with Gasteiger partial charge in [0.25, 0.3) is 5.91 Å². The van der Waals surface area contributed by atoms with Gasteiger partial charge in [0.1, 0.15) is 11.6 Å². The number of H-pyrrole nitrogens is 1. The summed E-state index contributed by atoms with van der Waals surface area (Å²) in [6.07, 6.45) is 7.72. The monoisotopic (exact) mass is 507 g/mol. The molecule has 0 radical (unpaired) electrons. The second-order valence-electron chi connectivity index (χ2n) is 11.6. The summed E-state index contributed by atoms with van der Waals surface area (Å²) in [6.45, 7) is 6.81. The Morgan fingerprint density at radius 2 is 1.82 bits per heavy atom. The minimum atomic E-state index is 0.127. The van der Waals surface area contributed by atoms with Gasteiger partial charge >= 0.3 is 0 Å². The van der Waals surface area contributed by atoms with Crippen LogP contribution in [0, 0.1) is 24.2 Å². The van der Waals surface area contributed by atoms with Gasteiger partial charge in [-0.2, -0.15) is 5.26 Å². The van der Waals surface area contributed by atoms with Gasteiger partial charge in [-0.3, -0.25) is 4.79 Å². The first-order valence-electron chi connectivity index (χ1n) is 14.3. The van der Waals surface area contributed by atoms with Gasteiger partial charge < -0.3 is 15.2 Å². The number of nitrogens with zero attached hydrogens (tertiary/aromatic N) is 3. The maximum atomic E-state index is 13.8. The predicted molar refractivity (Wildman–Crippen MR) is 150 cm³/mol. The van der Waals surface area contributed by atoms with Crippen molar-refractivity contribution < 1.29 is 4.79 Å². The molecule has 1 saturated heterocycles. The fraction of sp³-hybridized carbons (Fsp3) is 0.469. The van der Waals surface area contributed by atoms with Crippen LogP contribution in [0.2, 0.25) is 0 Å². The summed E-state index contributed by atoms with van der Waals surface area (Å²) in [6, 6.07) is 14.5. The van der Waals surface area contributed by atoms with Gasteiger partial charge in [0.15, 0.2) is 0 Å². The zero-order valence-electron chi connectivity index (χ0n) is 22.5. The maximum Gasteiger partial charge on any atom is 0.254 e. The van der Waals surface area contributed by atoms with Crippen molar-refractivity contribution in [2.75, 3.05) is 25.0 Å². The molecule has 6 rings (SSSR count). The van der Waals surface area contributed by atoms with E-state index in [1.165, 1.54) is 36.1 Å². The highest BCUT2D eigenvalue weighted by atomic mass is 16.2. The molecule has 2 aliphatic heterocycles. The Balaban J connectivity index is 1.25. The second kappa shape index (κ2) is 10.3. The number of aromatic nitrogens is 2. The van der Waals surface area contributed by atoms with Crippen LogP contribution in [-0.2, 0) is 6.42 Å². The highest BCUT2D eigenvalue weighted by molar-refractivity contribution is 5.97. The number of amides is 1. The van der Waals surface area contributed by atoms with Crippen LogP contribution < -0.4 is 5.32 Å². The number of carbonyl (C=O) groups is 1. The van der Waals surface area contributed by atoms with Crippen molar-refractivity contribution in [2.24, 2.45) is 5.92 Å². The lowest BCUT2D eigenvalue weighted by atomic mass is 9.77. The molecule has 1 aromatic heterocycles. The van der Waals surface area contributed by atoms with Crippen LogP contribution in [0.3, 0.4) is 0 Å². The van der Waals surface area contributed by atoms with Crippen molar-refractivity contribution in [3.63, 3.8) is 0 Å². The van der Waals surface area contributed by atoms with Gasteiger partial charge in [0, 0.05) is 30.8 Å². The smallest absolute Gasteiger partial charge is 0.254 e. The number of imidazole rings is 1. The molecule has 1 amide bonds. The third-order valence-electron chi connectivity index (χ3n) is 9.00. The van der Waals surface area contributed by atoms with Gasteiger partial charge in [0.05, 0.1) is 17.3 Å². The fourth-order valence-electron chi connectivity index (χ4n) is 6.27. The predicted octanol–water partition coefficient (Wildman–Crippen LogP) is 6.54. The lowest BCUT2D eigenvalue weighted by molar-refractivity contribution is 0.0712. The van der Waals surface area contributed by atoms with Crippen molar-refractivity contribution in [1.29, 1.82) is 5.26 Å².